The lowest BCUT2D eigenvalue weighted by Gasteiger charge is -2.16. The number of likely N-dealkylation sites (N-methyl/N-ethyl adjacent to an activating group) is 1. The number of hydrogen-bond donors (Lipinski definition) is 1. The van der Waals surface area contributed by atoms with Crippen molar-refractivity contribution in [2.75, 3.05) is 26.7 Å². The zero-order chi connectivity index (χ0) is 9.28. The van der Waals surface area contributed by atoms with Gasteiger partial charge in [-0.3, -0.25) is 0 Å². The molecule has 0 atom stereocenters. The van der Waals surface area contributed by atoms with Crippen molar-refractivity contribution in [3.63, 3.8) is 0 Å². The van der Waals surface area contributed by atoms with Crippen molar-refractivity contribution in [2.45, 2.75) is 27.7 Å². The Kier molecular flexibility index (Phi) is 12.2. The number of rotatable bonds is 4. The zero-order valence-electron chi connectivity index (χ0n) is 8.59. The van der Waals surface area contributed by atoms with Gasteiger partial charge in [0.1, 0.15) is 0 Å². The van der Waals surface area contributed by atoms with Crippen molar-refractivity contribution in [1.29, 1.82) is 0 Å². The van der Waals surface area contributed by atoms with Crippen LogP contribution >= 0.6 is 0 Å². The second-order valence-corrected chi connectivity index (χ2v) is 2.88. The predicted octanol–water partition coefficient (Wildman–Crippen LogP) is 1.59. The highest BCUT2D eigenvalue weighted by molar-refractivity contribution is 4.52. The summed E-state index contributed by atoms with van der Waals surface area (Å²) in [6.07, 6.45) is 0. The molecule has 0 radical (unpaired) electrons. The first-order chi connectivity index (χ1) is 5.16. The van der Waals surface area contributed by atoms with Gasteiger partial charge in [-0.25, -0.2) is 0 Å². The minimum Gasteiger partial charge on any atom is -0.395 e. The summed E-state index contributed by atoms with van der Waals surface area (Å²) in [5, 5.41) is 8.51. The number of aliphatic hydroxyl groups is 1. The van der Waals surface area contributed by atoms with E-state index in [-0.39, 0.29) is 6.61 Å². The number of nitrogens with zero attached hydrogens (tertiary/aromatic N) is 1. The van der Waals surface area contributed by atoms with Gasteiger partial charge in [0.15, 0.2) is 0 Å². The molecule has 0 saturated carbocycles. The van der Waals surface area contributed by atoms with Gasteiger partial charge in [-0.15, -0.1) is 0 Å². The summed E-state index contributed by atoms with van der Waals surface area (Å²) < 4.78 is 0. The van der Waals surface area contributed by atoms with E-state index < -0.39 is 0 Å². The maximum Gasteiger partial charge on any atom is 0.0558 e. The van der Waals surface area contributed by atoms with Crippen molar-refractivity contribution in [2.24, 2.45) is 5.92 Å². The van der Waals surface area contributed by atoms with Gasteiger partial charge in [-0.1, -0.05) is 27.7 Å². The van der Waals surface area contributed by atoms with E-state index in [9.17, 15) is 0 Å². The smallest absolute Gasteiger partial charge is 0.0558 e. The summed E-state index contributed by atoms with van der Waals surface area (Å²) in [7, 11) is 2.02. The van der Waals surface area contributed by atoms with Crippen LogP contribution in [0.2, 0.25) is 0 Å². The molecule has 2 nitrogen and oxygen atoms in total. The normalized spacial score (nSPS) is 9.82. The van der Waals surface area contributed by atoms with Gasteiger partial charge >= 0.3 is 0 Å². The second-order valence-electron chi connectivity index (χ2n) is 2.88. The van der Waals surface area contributed by atoms with E-state index in [1.54, 1.807) is 0 Å². The second kappa shape index (κ2) is 9.92. The van der Waals surface area contributed by atoms with Gasteiger partial charge in [-0.05, 0) is 13.0 Å². The molecular weight excluding hydrogens is 138 g/mol. The molecule has 0 amide bonds. The van der Waals surface area contributed by atoms with Crippen molar-refractivity contribution in [3.05, 3.63) is 0 Å². The van der Waals surface area contributed by atoms with E-state index >= 15 is 0 Å². The van der Waals surface area contributed by atoms with Crippen molar-refractivity contribution < 1.29 is 5.11 Å². The molecule has 11 heavy (non-hydrogen) atoms. The van der Waals surface area contributed by atoms with Crippen molar-refractivity contribution >= 4 is 0 Å². The van der Waals surface area contributed by atoms with Crippen LogP contribution in [0.5, 0.6) is 0 Å². The third kappa shape index (κ3) is 13.0. The Morgan fingerprint density at radius 1 is 1.27 bits per heavy atom. The SMILES string of the molecule is CC.CC(C)CN(C)CCO. The third-order valence-electron chi connectivity index (χ3n) is 1.16. The molecule has 0 bridgehead atoms. The van der Waals surface area contributed by atoms with E-state index in [1.165, 1.54) is 0 Å². The molecule has 0 rings (SSSR count). The lowest BCUT2D eigenvalue weighted by Crippen LogP contribution is -2.26. The van der Waals surface area contributed by atoms with E-state index in [1.807, 2.05) is 20.9 Å². The fourth-order valence-corrected chi connectivity index (χ4v) is 0.885. The Bertz CT molecular complexity index is 64.6. The summed E-state index contributed by atoms with van der Waals surface area (Å²) in [5.74, 6) is 0.696. The van der Waals surface area contributed by atoms with E-state index in [0.717, 1.165) is 13.1 Å². The standard InChI is InChI=1S/C7H17NO.C2H6/c1-7(2)6-8(3)4-5-9;1-2/h7,9H,4-6H2,1-3H3;1-2H3. The first-order valence-corrected chi connectivity index (χ1v) is 4.46. The maximum atomic E-state index is 8.51. The highest BCUT2D eigenvalue weighted by Crippen LogP contribution is 1.93. The Balaban J connectivity index is 0. The van der Waals surface area contributed by atoms with Crippen LogP contribution in [0.25, 0.3) is 0 Å². The highest BCUT2D eigenvalue weighted by atomic mass is 16.3. The molecule has 0 aromatic carbocycles. The predicted molar refractivity (Wildman–Crippen MR) is 50.8 cm³/mol. The molecule has 2 heteroatoms. The van der Waals surface area contributed by atoms with Crippen LogP contribution in [0.4, 0.5) is 0 Å². The summed E-state index contributed by atoms with van der Waals surface area (Å²) in [6.45, 7) is 10.5. The Hall–Kier alpha value is -0.0800. The van der Waals surface area contributed by atoms with Gasteiger partial charge in [0, 0.05) is 13.1 Å². The van der Waals surface area contributed by atoms with Crippen LogP contribution in [-0.2, 0) is 0 Å². The van der Waals surface area contributed by atoms with Crippen LogP contribution in [-0.4, -0.2) is 36.8 Å². The number of hydrogen-bond acceptors (Lipinski definition) is 2. The monoisotopic (exact) mass is 161 g/mol. The fourth-order valence-electron chi connectivity index (χ4n) is 0.885. The topological polar surface area (TPSA) is 23.5 Å². The average molecular weight is 161 g/mol. The average Bonchev–Trinajstić information content (AvgIpc) is 1.91. The third-order valence-corrected chi connectivity index (χ3v) is 1.16. The first-order valence-electron chi connectivity index (χ1n) is 4.46. The molecule has 0 aliphatic carbocycles. The lowest BCUT2D eigenvalue weighted by molar-refractivity contribution is 0.209. The molecule has 0 spiro atoms. The van der Waals surface area contributed by atoms with E-state index in [4.69, 9.17) is 5.11 Å². The van der Waals surface area contributed by atoms with Gasteiger partial charge < -0.3 is 10.0 Å². The molecule has 0 heterocycles. The van der Waals surface area contributed by atoms with Crippen LogP contribution < -0.4 is 0 Å². The maximum absolute atomic E-state index is 8.51. The molecule has 0 aliphatic rings. The van der Waals surface area contributed by atoms with Crippen LogP contribution in [0.3, 0.4) is 0 Å². The molecule has 1 N–H and O–H groups in total. The van der Waals surface area contributed by atoms with Crippen LogP contribution in [0.15, 0.2) is 0 Å². The van der Waals surface area contributed by atoms with Gasteiger partial charge in [0.05, 0.1) is 6.61 Å². The van der Waals surface area contributed by atoms with Crippen molar-refractivity contribution in [3.8, 4) is 0 Å². The summed E-state index contributed by atoms with van der Waals surface area (Å²) in [6, 6.07) is 0. The molecule has 70 valence electrons. The lowest BCUT2D eigenvalue weighted by atomic mass is 10.2. The first kappa shape index (κ1) is 13.5. The quantitative estimate of drug-likeness (QED) is 0.677. The fraction of sp³-hybridized carbons (Fsp3) is 1.00. The van der Waals surface area contributed by atoms with Crippen LogP contribution in [0.1, 0.15) is 27.7 Å². The largest absolute Gasteiger partial charge is 0.395 e. The van der Waals surface area contributed by atoms with E-state index in [0.29, 0.717) is 5.92 Å². The summed E-state index contributed by atoms with van der Waals surface area (Å²) in [4.78, 5) is 2.13. The molecule has 0 aromatic rings. The van der Waals surface area contributed by atoms with Gasteiger partial charge in [0.25, 0.3) is 0 Å². The highest BCUT2D eigenvalue weighted by Gasteiger charge is 1.98. The molecule has 0 saturated heterocycles. The molecule has 0 aromatic heterocycles. The summed E-state index contributed by atoms with van der Waals surface area (Å²) in [5.41, 5.74) is 0. The van der Waals surface area contributed by atoms with E-state index in [2.05, 4.69) is 18.7 Å². The Morgan fingerprint density at radius 2 is 1.73 bits per heavy atom. The molecule has 0 unspecified atom stereocenters. The summed E-state index contributed by atoms with van der Waals surface area (Å²) >= 11 is 0. The van der Waals surface area contributed by atoms with Crippen molar-refractivity contribution in [1.82, 2.24) is 4.90 Å². The molecule has 0 aliphatic heterocycles. The van der Waals surface area contributed by atoms with Gasteiger partial charge in [-0.2, -0.15) is 0 Å². The zero-order valence-corrected chi connectivity index (χ0v) is 8.59. The Morgan fingerprint density at radius 3 is 2.00 bits per heavy atom. The van der Waals surface area contributed by atoms with Crippen LogP contribution in [0, 0.1) is 5.92 Å². The minimum atomic E-state index is 0.267. The minimum absolute atomic E-state index is 0.267. The molecule has 0 fully saturated rings. The van der Waals surface area contributed by atoms with Gasteiger partial charge in [0.2, 0.25) is 0 Å². The Labute approximate surface area is 71.2 Å². The molecular formula is C9H23NO. The number of aliphatic hydroxyl groups excluding tert-OH is 1.